The first-order valence-corrected chi connectivity index (χ1v) is 15.6. The van der Waals surface area contributed by atoms with Crippen molar-refractivity contribution < 1.29 is 17.9 Å². The predicted octanol–water partition coefficient (Wildman–Crippen LogP) is 4.00. The average Bonchev–Trinajstić information content (AvgIpc) is 3.46. The number of carbonyl (C=O) groups is 1. The number of primary amides is 1. The lowest BCUT2D eigenvalue weighted by atomic mass is 9.80. The highest BCUT2D eigenvalue weighted by atomic mass is 32.2. The number of benzene rings is 1. The molecule has 40 heavy (non-hydrogen) atoms. The Morgan fingerprint density at radius 3 is 2.60 bits per heavy atom. The van der Waals surface area contributed by atoms with Crippen LogP contribution in [0.2, 0.25) is 0 Å². The molecule has 0 radical (unpaired) electrons. The number of rotatable bonds is 8. The van der Waals surface area contributed by atoms with E-state index < -0.39 is 15.9 Å². The Morgan fingerprint density at radius 2 is 1.82 bits per heavy atom. The van der Waals surface area contributed by atoms with E-state index in [4.69, 9.17) is 10.5 Å². The molecule has 1 amide bonds. The van der Waals surface area contributed by atoms with Crippen LogP contribution in [-0.2, 0) is 10.0 Å². The number of fused-ring (bicyclic) bond motifs is 3. The summed E-state index contributed by atoms with van der Waals surface area (Å²) in [5.41, 5.74) is 8.44. The monoisotopic (exact) mass is 562 g/mol. The first kappa shape index (κ1) is 26.6. The van der Waals surface area contributed by atoms with Crippen molar-refractivity contribution in [2.45, 2.75) is 44.4 Å². The van der Waals surface area contributed by atoms with Crippen LogP contribution in [0.1, 0.15) is 60.5 Å². The summed E-state index contributed by atoms with van der Waals surface area (Å²) in [5, 5.41) is 2.08. The van der Waals surface area contributed by atoms with E-state index >= 15 is 0 Å². The van der Waals surface area contributed by atoms with Gasteiger partial charge in [0.2, 0.25) is 15.9 Å². The Labute approximate surface area is 233 Å². The van der Waals surface area contributed by atoms with Gasteiger partial charge in [0.1, 0.15) is 17.7 Å². The molecule has 1 aromatic carbocycles. The third-order valence-corrected chi connectivity index (χ3v) is 10.4. The zero-order valence-electron chi connectivity index (χ0n) is 22.3. The second-order valence-electron chi connectivity index (χ2n) is 11.1. The largest absolute Gasteiger partial charge is 0.493 e. The molecule has 3 N–H and O–H groups in total. The Kier molecular flexibility index (Phi) is 7.41. The number of ether oxygens (including phenoxy) is 1. The van der Waals surface area contributed by atoms with E-state index in [0.29, 0.717) is 31.0 Å². The molecule has 11 heteroatoms. The molecule has 0 spiro atoms. The number of piperidine rings is 1. The number of nitrogens with two attached hydrogens (primary N) is 1. The fourth-order valence-corrected chi connectivity index (χ4v) is 8.23. The number of aromatic nitrogens is 4. The van der Waals surface area contributed by atoms with Crippen LogP contribution in [0, 0.1) is 11.8 Å². The number of aromatic amines is 1. The van der Waals surface area contributed by atoms with Crippen molar-refractivity contribution in [3.8, 4) is 5.75 Å². The molecule has 1 aliphatic heterocycles. The third-order valence-electron chi connectivity index (χ3n) is 8.40. The molecule has 4 aromatic rings. The van der Waals surface area contributed by atoms with Crippen LogP contribution in [0.15, 0.2) is 49.1 Å². The van der Waals surface area contributed by atoms with E-state index in [2.05, 4.69) is 19.9 Å². The molecular weight excluding hydrogens is 528 g/mol. The number of nitrogens with one attached hydrogen (secondary N) is 1. The number of hydrogen-bond acceptors (Lipinski definition) is 7. The summed E-state index contributed by atoms with van der Waals surface area (Å²) in [6.45, 7) is 1.48. The second kappa shape index (κ2) is 11.1. The van der Waals surface area contributed by atoms with Gasteiger partial charge in [-0.3, -0.25) is 4.79 Å². The minimum absolute atomic E-state index is 0.126. The molecule has 4 heterocycles. The smallest absolute Gasteiger partial charge is 0.248 e. The van der Waals surface area contributed by atoms with E-state index in [9.17, 15) is 13.2 Å². The summed E-state index contributed by atoms with van der Waals surface area (Å²) in [5.74, 6) is 0.902. The summed E-state index contributed by atoms with van der Waals surface area (Å²) in [6, 6.07) is 8.72. The van der Waals surface area contributed by atoms with Gasteiger partial charge in [-0.25, -0.2) is 27.7 Å². The quantitative estimate of drug-likeness (QED) is 0.330. The van der Waals surface area contributed by atoms with E-state index in [0.717, 1.165) is 66.2 Å². The van der Waals surface area contributed by atoms with Crippen molar-refractivity contribution in [1.29, 1.82) is 0 Å². The molecule has 210 valence electrons. The van der Waals surface area contributed by atoms with Crippen molar-refractivity contribution >= 4 is 37.9 Å². The van der Waals surface area contributed by atoms with Gasteiger partial charge in [0.05, 0.1) is 29.8 Å². The molecule has 6 rings (SSSR count). The topological polar surface area (TPSA) is 144 Å². The van der Waals surface area contributed by atoms with Crippen molar-refractivity contribution in [3.63, 3.8) is 0 Å². The lowest BCUT2D eigenvalue weighted by Crippen LogP contribution is -2.43. The molecule has 1 saturated heterocycles. The Morgan fingerprint density at radius 1 is 1.02 bits per heavy atom. The lowest BCUT2D eigenvalue weighted by molar-refractivity contribution is 0.1000. The van der Waals surface area contributed by atoms with E-state index in [1.807, 2.05) is 12.3 Å². The zero-order valence-corrected chi connectivity index (χ0v) is 23.1. The molecule has 10 nitrogen and oxygen atoms in total. The van der Waals surface area contributed by atoms with E-state index in [1.165, 1.54) is 0 Å². The number of amides is 1. The van der Waals surface area contributed by atoms with Crippen LogP contribution < -0.4 is 10.5 Å². The first-order chi connectivity index (χ1) is 19.4. The molecule has 3 aromatic heterocycles. The minimum Gasteiger partial charge on any atom is -0.493 e. The third kappa shape index (κ3) is 5.53. The maximum atomic E-state index is 13.4. The Hall–Kier alpha value is -3.57. The van der Waals surface area contributed by atoms with Gasteiger partial charge in [-0.05, 0) is 74.8 Å². The highest BCUT2D eigenvalue weighted by Crippen LogP contribution is 2.39. The molecule has 2 aliphatic rings. The number of hydrogen-bond donors (Lipinski definition) is 2. The van der Waals surface area contributed by atoms with Crippen LogP contribution in [0.5, 0.6) is 5.75 Å². The molecule has 1 unspecified atom stereocenters. The van der Waals surface area contributed by atoms with E-state index in [-0.39, 0.29) is 23.5 Å². The molecule has 1 saturated carbocycles. The molecule has 0 bridgehead atoms. The van der Waals surface area contributed by atoms with Crippen molar-refractivity contribution in [3.05, 3.63) is 60.3 Å². The highest BCUT2D eigenvalue weighted by molar-refractivity contribution is 7.89. The minimum atomic E-state index is -3.36. The lowest BCUT2D eigenvalue weighted by Gasteiger charge is -2.34. The summed E-state index contributed by atoms with van der Waals surface area (Å²) in [6.07, 6.45) is 10.6. The molecule has 1 aliphatic carbocycles. The Balaban J connectivity index is 1.05. The van der Waals surface area contributed by atoms with Gasteiger partial charge < -0.3 is 15.5 Å². The summed E-state index contributed by atoms with van der Waals surface area (Å²) < 4.78 is 34.4. The van der Waals surface area contributed by atoms with Crippen molar-refractivity contribution in [2.75, 3.05) is 25.4 Å². The fraction of sp³-hybridized carbons (Fsp3) is 0.448. The molecular formula is C29H34N6O4S. The number of nitrogens with zero attached hydrogens (tertiary/aromatic N) is 4. The van der Waals surface area contributed by atoms with Crippen LogP contribution in [-0.4, -0.2) is 64.0 Å². The standard InChI is InChI=1S/C29H34N6O4S/c30-28(36)22-7-9-23(10-8-22)39-16-20-2-1-13-35(15-20)40(37,38)17-19-3-5-21(6-4-19)27-26-24-11-12-31-29(24)32-14-25(26)33-18-34-27/h7-12,14,18-21H,1-6,13,15-17H2,(H2,30,36)(H,31,32). The van der Waals surface area contributed by atoms with Crippen molar-refractivity contribution in [1.82, 2.24) is 24.2 Å². The van der Waals surface area contributed by atoms with Gasteiger partial charge >= 0.3 is 0 Å². The SMILES string of the molecule is NC(=O)c1ccc(OCC2CCCN(S(=O)(=O)CC3CCC(c4ncnc5cnc6[nH]ccc6c45)CC3)C2)cc1. The number of pyridine rings is 1. The normalized spacial score (nSPS) is 22.4. The maximum absolute atomic E-state index is 13.4. The summed E-state index contributed by atoms with van der Waals surface area (Å²) in [7, 11) is -3.36. The van der Waals surface area contributed by atoms with Gasteiger partial charge in [-0.1, -0.05) is 0 Å². The number of carbonyl (C=O) groups excluding carboxylic acids is 1. The van der Waals surface area contributed by atoms with Gasteiger partial charge in [-0.2, -0.15) is 0 Å². The maximum Gasteiger partial charge on any atom is 0.248 e. The Bertz CT molecular complexity index is 1610. The summed E-state index contributed by atoms with van der Waals surface area (Å²) >= 11 is 0. The summed E-state index contributed by atoms with van der Waals surface area (Å²) in [4.78, 5) is 28.0. The first-order valence-electron chi connectivity index (χ1n) is 13.9. The second-order valence-corrected chi connectivity index (χ2v) is 13.1. The van der Waals surface area contributed by atoms with Crippen LogP contribution in [0.25, 0.3) is 21.9 Å². The van der Waals surface area contributed by atoms with E-state index in [1.54, 1.807) is 41.1 Å². The van der Waals surface area contributed by atoms with Gasteiger partial charge in [0, 0.05) is 47.5 Å². The van der Waals surface area contributed by atoms with Gasteiger partial charge in [0.15, 0.2) is 0 Å². The van der Waals surface area contributed by atoms with Gasteiger partial charge in [-0.15, -0.1) is 0 Å². The van der Waals surface area contributed by atoms with Crippen molar-refractivity contribution in [2.24, 2.45) is 17.6 Å². The highest BCUT2D eigenvalue weighted by Gasteiger charge is 2.33. The average molecular weight is 563 g/mol. The zero-order chi connectivity index (χ0) is 27.7. The molecule has 1 atom stereocenters. The fourth-order valence-electron chi connectivity index (χ4n) is 6.24. The van der Waals surface area contributed by atoms with Crippen LogP contribution in [0.4, 0.5) is 0 Å². The van der Waals surface area contributed by atoms with Gasteiger partial charge in [0.25, 0.3) is 0 Å². The predicted molar refractivity (Wildman–Crippen MR) is 152 cm³/mol. The molecule has 2 fully saturated rings. The number of sulfonamides is 1. The number of H-pyrrole nitrogens is 1. The van der Waals surface area contributed by atoms with Crippen LogP contribution in [0.3, 0.4) is 0 Å². The van der Waals surface area contributed by atoms with Crippen LogP contribution >= 0.6 is 0 Å².